The smallest absolute Gasteiger partial charge is 0.168 e. The molecule has 0 fully saturated rings. The molecule has 1 rings (SSSR count). The standard InChI is InChI=1S/C18H28ClNO3S/c1-4-7-15(20-23-9-6-8-19)18-16(21)11-14(12-17(18)22)10-13(3)24-5-2/h6,8,13-14,21H,4-5,7,9-12H2,1-3H3. The van der Waals surface area contributed by atoms with Crippen molar-refractivity contribution in [2.24, 2.45) is 11.1 Å². The van der Waals surface area contributed by atoms with Crippen LogP contribution in [0.1, 0.15) is 52.9 Å². The summed E-state index contributed by atoms with van der Waals surface area (Å²) in [7, 11) is 0. The van der Waals surface area contributed by atoms with Crippen molar-refractivity contribution >= 4 is 34.9 Å². The molecule has 0 radical (unpaired) electrons. The van der Waals surface area contributed by atoms with Crippen molar-refractivity contribution in [2.45, 2.75) is 58.1 Å². The third kappa shape index (κ3) is 6.89. The van der Waals surface area contributed by atoms with Crippen molar-refractivity contribution in [3.63, 3.8) is 0 Å². The molecular weight excluding hydrogens is 346 g/mol. The van der Waals surface area contributed by atoms with Crippen LogP contribution in [0.4, 0.5) is 0 Å². The van der Waals surface area contributed by atoms with Crippen molar-refractivity contribution in [1.82, 2.24) is 0 Å². The summed E-state index contributed by atoms with van der Waals surface area (Å²) in [5.41, 5.74) is 2.26. The number of halogens is 1. The molecular formula is C18H28ClNO3S. The largest absolute Gasteiger partial charge is 0.511 e. The number of aliphatic hydroxyl groups is 1. The normalized spacial score (nSPS) is 20.8. The molecule has 2 atom stereocenters. The molecule has 0 aromatic rings. The molecule has 0 spiro atoms. The highest BCUT2D eigenvalue weighted by atomic mass is 35.5. The lowest BCUT2D eigenvalue weighted by atomic mass is 9.82. The fraction of sp³-hybridized carbons (Fsp3) is 0.667. The minimum atomic E-state index is -0.0267. The summed E-state index contributed by atoms with van der Waals surface area (Å²) in [6.07, 6.45) is 5.00. The Kier molecular flexibility index (Phi) is 10.2. The van der Waals surface area contributed by atoms with E-state index in [0.29, 0.717) is 35.8 Å². The summed E-state index contributed by atoms with van der Waals surface area (Å²) in [6, 6.07) is 0. The van der Waals surface area contributed by atoms with E-state index in [1.165, 1.54) is 5.54 Å². The van der Waals surface area contributed by atoms with Crippen molar-refractivity contribution in [1.29, 1.82) is 0 Å². The molecule has 6 heteroatoms. The quantitative estimate of drug-likeness (QED) is 0.323. The zero-order chi connectivity index (χ0) is 17.9. The van der Waals surface area contributed by atoms with Gasteiger partial charge in [-0.2, -0.15) is 11.8 Å². The third-order valence-electron chi connectivity index (χ3n) is 3.85. The first-order valence-electron chi connectivity index (χ1n) is 8.54. The Morgan fingerprint density at radius 2 is 2.25 bits per heavy atom. The number of oxime groups is 1. The number of hydrogen-bond acceptors (Lipinski definition) is 5. The molecule has 1 N–H and O–H groups in total. The van der Waals surface area contributed by atoms with Crippen LogP contribution in [0.5, 0.6) is 0 Å². The van der Waals surface area contributed by atoms with Gasteiger partial charge in [0, 0.05) is 23.6 Å². The third-order valence-corrected chi connectivity index (χ3v) is 5.12. The van der Waals surface area contributed by atoms with Gasteiger partial charge in [0.1, 0.15) is 12.4 Å². The summed E-state index contributed by atoms with van der Waals surface area (Å²) in [5, 5.41) is 15.0. The Morgan fingerprint density at radius 1 is 1.50 bits per heavy atom. The van der Waals surface area contributed by atoms with Crippen LogP contribution < -0.4 is 0 Å². The number of thioether (sulfide) groups is 1. The maximum absolute atomic E-state index is 12.6. The fourth-order valence-electron chi connectivity index (χ4n) is 2.94. The molecule has 0 saturated heterocycles. The second-order valence-corrected chi connectivity index (χ2v) is 7.93. The molecule has 24 heavy (non-hydrogen) atoms. The fourth-order valence-corrected chi connectivity index (χ4v) is 3.99. The van der Waals surface area contributed by atoms with Crippen LogP contribution in [-0.4, -0.2) is 34.2 Å². The van der Waals surface area contributed by atoms with E-state index in [2.05, 4.69) is 19.0 Å². The minimum Gasteiger partial charge on any atom is -0.511 e. The molecule has 2 unspecified atom stereocenters. The summed E-state index contributed by atoms with van der Waals surface area (Å²) in [6.45, 7) is 6.56. The molecule has 0 aromatic carbocycles. The van der Waals surface area contributed by atoms with Gasteiger partial charge in [-0.3, -0.25) is 4.79 Å². The van der Waals surface area contributed by atoms with Gasteiger partial charge in [-0.25, -0.2) is 0 Å². The number of carbonyl (C=O) groups excluding carboxylic acids is 1. The second-order valence-electron chi connectivity index (χ2n) is 5.97. The number of allylic oxidation sites excluding steroid dienone is 2. The van der Waals surface area contributed by atoms with Gasteiger partial charge < -0.3 is 9.94 Å². The number of carbonyl (C=O) groups is 1. The SMILES string of the molecule is CCCC(=NOCC=CCl)C1=C(O)CC(CC(C)SCC)CC1=O. The molecule has 0 saturated carbocycles. The highest BCUT2D eigenvalue weighted by Gasteiger charge is 2.31. The van der Waals surface area contributed by atoms with Crippen molar-refractivity contribution in [3.05, 3.63) is 22.9 Å². The Labute approximate surface area is 154 Å². The van der Waals surface area contributed by atoms with Gasteiger partial charge in [-0.1, -0.05) is 43.9 Å². The predicted molar refractivity (Wildman–Crippen MR) is 103 cm³/mol. The van der Waals surface area contributed by atoms with Crippen LogP contribution in [0, 0.1) is 5.92 Å². The van der Waals surface area contributed by atoms with Crippen LogP contribution in [0.25, 0.3) is 0 Å². The molecule has 0 bridgehead atoms. The number of ketones is 1. The number of hydrogen-bond donors (Lipinski definition) is 1. The summed E-state index contributed by atoms with van der Waals surface area (Å²) < 4.78 is 0. The molecule has 1 aliphatic rings. The Hall–Kier alpha value is -0.940. The van der Waals surface area contributed by atoms with Crippen molar-refractivity contribution in [3.8, 4) is 0 Å². The average molecular weight is 374 g/mol. The van der Waals surface area contributed by atoms with E-state index in [4.69, 9.17) is 16.4 Å². The Morgan fingerprint density at radius 3 is 2.83 bits per heavy atom. The first-order valence-corrected chi connectivity index (χ1v) is 10.0. The topological polar surface area (TPSA) is 58.9 Å². The van der Waals surface area contributed by atoms with E-state index in [-0.39, 0.29) is 24.1 Å². The average Bonchev–Trinajstić information content (AvgIpc) is 2.51. The lowest BCUT2D eigenvalue weighted by Crippen LogP contribution is -2.26. The lowest BCUT2D eigenvalue weighted by molar-refractivity contribution is -0.116. The van der Waals surface area contributed by atoms with Crippen LogP contribution in [0.3, 0.4) is 0 Å². The molecule has 0 heterocycles. The molecule has 136 valence electrons. The Bertz CT molecular complexity index is 502. The van der Waals surface area contributed by atoms with Crippen LogP contribution in [0.2, 0.25) is 0 Å². The monoisotopic (exact) mass is 373 g/mol. The zero-order valence-corrected chi connectivity index (χ0v) is 16.3. The molecule has 0 aliphatic heterocycles. The first kappa shape index (κ1) is 21.1. The molecule has 4 nitrogen and oxygen atoms in total. The van der Waals surface area contributed by atoms with Gasteiger partial charge in [-0.05, 0) is 30.6 Å². The van der Waals surface area contributed by atoms with Crippen LogP contribution in [0.15, 0.2) is 28.1 Å². The summed E-state index contributed by atoms with van der Waals surface area (Å²) >= 11 is 7.33. The van der Waals surface area contributed by atoms with E-state index < -0.39 is 0 Å². The van der Waals surface area contributed by atoms with Crippen molar-refractivity contribution < 1.29 is 14.7 Å². The number of rotatable bonds is 10. The predicted octanol–water partition coefficient (Wildman–Crippen LogP) is 5.23. The van der Waals surface area contributed by atoms with E-state index in [1.807, 2.05) is 18.7 Å². The van der Waals surface area contributed by atoms with Crippen LogP contribution >= 0.6 is 23.4 Å². The van der Waals surface area contributed by atoms with Gasteiger partial charge in [-0.15, -0.1) is 0 Å². The highest BCUT2D eigenvalue weighted by Crippen LogP contribution is 2.32. The Balaban J connectivity index is 2.85. The molecule has 0 amide bonds. The van der Waals surface area contributed by atoms with Gasteiger partial charge in [0.15, 0.2) is 5.78 Å². The van der Waals surface area contributed by atoms with E-state index in [9.17, 15) is 9.90 Å². The number of aliphatic hydroxyl groups excluding tert-OH is 1. The van der Waals surface area contributed by atoms with E-state index in [1.54, 1.807) is 6.08 Å². The van der Waals surface area contributed by atoms with E-state index in [0.717, 1.165) is 18.6 Å². The summed E-state index contributed by atoms with van der Waals surface area (Å²) in [4.78, 5) is 17.7. The van der Waals surface area contributed by atoms with E-state index >= 15 is 0 Å². The van der Waals surface area contributed by atoms with Crippen molar-refractivity contribution in [2.75, 3.05) is 12.4 Å². The molecule has 1 aliphatic carbocycles. The van der Waals surface area contributed by atoms with Gasteiger partial charge in [0.05, 0.1) is 11.3 Å². The maximum Gasteiger partial charge on any atom is 0.168 e. The number of nitrogens with zero attached hydrogens (tertiary/aromatic N) is 1. The maximum atomic E-state index is 12.6. The minimum absolute atomic E-state index is 0.0267. The number of Topliss-reactive ketones (excluding diaryl/α,β-unsaturated/α-hetero) is 1. The summed E-state index contributed by atoms with van der Waals surface area (Å²) in [5.74, 6) is 1.41. The first-order chi connectivity index (χ1) is 11.5. The van der Waals surface area contributed by atoms with Gasteiger partial charge >= 0.3 is 0 Å². The lowest BCUT2D eigenvalue weighted by Gasteiger charge is -2.25. The second kappa shape index (κ2) is 11.6. The van der Waals surface area contributed by atoms with Gasteiger partial charge in [0.2, 0.25) is 0 Å². The highest BCUT2D eigenvalue weighted by molar-refractivity contribution is 7.99. The van der Waals surface area contributed by atoms with Gasteiger partial charge in [0.25, 0.3) is 0 Å². The zero-order valence-electron chi connectivity index (χ0n) is 14.8. The van der Waals surface area contributed by atoms with Crippen LogP contribution in [-0.2, 0) is 9.63 Å². The molecule has 0 aromatic heterocycles.